The summed E-state index contributed by atoms with van der Waals surface area (Å²) >= 11 is 0. The minimum Gasteiger partial charge on any atom is -0.497 e. The van der Waals surface area contributed by atoms with E-state index in [2.05, 4.69) is 22.2 Å². The van der Waals surface area contributed by atoms with Gasteiger partial charge in [-0.1, -0.05) is 36.4 Å². The van der Waals surface area contributed by atoms with Crippen molar-refractivity contribution < 1.29 is 27.7 Å². The van der Waals surface area contributed by atoms with E-state index < -0.39 is 16.1 Å². The molecular weight excluding hydrogens is 504 g/mol. The standard InChI is InChI=1S/C29H36N2O6S/c1-35-26-11-10-23-14-22(8-9-24(23)15-26)17-30-18-25(32)20-36-27-12-13-29(28(16-27)31-38(2,33)34)37-19-21-6-4-3-5-7-21/h3-7,10-13,15-16,22,25,30-32H,8-9,14,17-20H2,1-2H3/t22-,25-/m1/s1. The second-order valence-corrected chi connectivity index (χ2v) is 11.4. The first-order valence-electron chi connectivity index (χ1n) is 12.7. The summed E-state index contributed by atoms with van der Waals surface area (Å²) in [5.74, 6) is 2.23. The first-order chi connectivity index (χ1) is 18.3. The number of aryl methyl sites for hydroxylation is 1. The van der Waals surface area contributed by atoms with Gasteiger partial charge in [0.2, 0.25) is 10.0 Å². The largest absolute Gasteiger partial charge is 0.497 e. The summed E-state index contributed by atoms with van der Waals surface area (Å²) in [7, 11) is -1.84. The molecule has 4 rings (SSSR count). The molecule has 1 aliphatic rings. The summed E-state index contributed by atoms with van der Waals surface area (Å²) in [5, 5.41) is 13.8. The van der Waals surface area contributed by atoms with Crippen LogP contribution in [0.25, 0.3) is 0 Å². The van der Waals surface area contributed by atoms with Crippen molar-refractivity contribution in [3.8, 4) is 17.2 Å². The van der Waals surface area contributed by atoms with E-state index in [1.54, 1.807) is 25.3 Å². The number of hydrogen-bond donors (Lipinski definition) is 3. The topological polar surface area (TPSA) is 106 Å². The van der Waals surface area contributed by atoms with Gasteiger partial charge in [0.25, 0.3) is 0 Å². The van der Waals surface area contributed by atoms with Crippen molar-refractivity contribution in [2.75, 3.05) is 37.8 Å². The zero-order valence-corrected chi connectivity index (χ0v) is 22.7. The van der Waals surface area contributed by atoms with Crippen molar-refractivity contribution in [3.05, 3.63) is 83.4 Å². The van der Waals surface area contributed by atoms with Crippen LogP contribution in [0.2, 0.25) is 0 Å². The van der Waals surface area contributed by atoms with Crippen molar-refractivity contribution in [3.63, 3.8) is 0 Å². The van der Waals surface area contributed by atoms with Gasteiger partial charge in [0, 0.05) is 12.6 Å². The molecular formula is C29H36N2O6S. The Morgan fingerprint density at radius 2 is 1.79 bits per heavy atom. The number of methoxy groups -OCH3 is 1. The van der Waals surface area contributed by atoms with Gasteiger partial charge in [-0.15, -0.1) is 0 Å². The van der Waals surface area contributed by atoms with Crippen molar-refractivity contribution >= 4 is 15.7 Å². The third kappa shape index (κ3) is 8.37. The Hall–Kier alpha value is -3.27. The lowest BCUT2D eigenvalue weighted by atomic mass is 9.84. The molecule has 0 saturated carbocycles. The van der Waals surface area contributed by atoms with E-state index in [4.69, 9.17) is 14.2 Å². The zero-order valence-electron chi connectivity index (χ0n) is 21.9. The molecule has 0 radical (unpaired) electrons. The number of nitrogens with one attached hydrogen (secondary N) is 2. The molecule has 204 valence electrons. The van der Waals surface area contributed by atoms with E-state index in [1.165, 1.54) is 11.1 Å². The normalized spacial score (nSPS) is 15.8. The highest BCUT2D eigenvalue weighted by Gasteiger charge is 2.19. The Morgan fingerprint density at radius 1 is 1.00 bits per heavy atom. The van der Waals surface area contributed by atoms with Gasteiger partial charge in [0.1, 0.15) is 36.6 Å². The molecule has 0 saturated heterocycles. The highest BCUT2D eigenvalue weighted by molar-refractivity contribution is 7.92. The number of hydrogen-bond acceptors (Lipinski definition) is 7. The zero-order chi connectivity index (χ0) is 27.0. The molecule has 38 heavy (non-hydrogen) atoms. The summed E-state index contributed by atoms with van der Waals surface area (Å²) in [5.41, 5.74) is 3.97. The smallest absolute Gasteiger partial charge is 0.229 e. The summed E-state index contributed by atoms with van der Waals surface area (Å²) < 4.78 is 43.2. The fourth-order valence-corrected chi connectivity index (χ4v) is 5.11. The molecule has 0 fully saturated rings. The van der Waals surface area contributed by atoms with Gasteiger partial charge in [-0.25, -0.2) is 8.42 Å². The Morgan fingerprint density at radius 3 is 2.55 bits per heavy atom. The van der Waals surface area contributed by atoms with Crippen LogP contribution in [0.15, 0.2) is 66.7 Å². The maximum absolute atomic E-state index is 11.9. The second kappa shape index (κ2) is 13.0. The number of fused-ring (bicyclic) bond motifs is 1. The molecule has 0 spiro atoms. The van der Waals surface area contributed by atoms with E-state index in [9.17, 15) is 13.5 Å². The lowest BCUT2D eigenvalue weighted by molar-refractivity contribution is 0.105. The lowest BCUT2D eigenvalue weighted by Crippen LogP contribution is -2.35. The molecule has 0 amide bonds. The maximum Gasteiger partial charge on any atom is 0.229 e. The molecule has 0 bridgehead atoms. The predicted molar refractivity (Wildman–Crippen MR) is 149 cm³/mol. The highest BCUT2D eigenvalue weighted by Crippen LogP contribution is 2.31. The summed E-state index contributed by atoms with van der Waals surface area (Å²) in [6.07, 6.45) is 3.50. The third-order valence-corrected chi connectivity index (χ3v) is 7.07. The van der Waals surface area contributed by atoms with Crippen LogP contribution < -0.4 is 24.2 Å². The second-order valence-electron chi connectivity index (χ2n) is 9.67. The number of aliphatic hydroxyl groups is 1. The minimum atomic E-state index is -3.53. The van der Waals surface area contributed by atoms with Crippen LogP contribution in [0.4, 0.5) is 5.69 Å². The number of anilines is 1. The van der Waals surface area contributed by atoms with Crippen LogP contribution in [-0.4, -0.2) is 52.7 Å². The molecule has 3 aromatic carbocycles. The van der Waals surface area contributed by atoms with E-state index in [-0.39, 0.29) is 12.3 Å². The van der Waals surface area contributed by atoms with E-state index in [1.807, 2.05) is 36.4 Å². The third-order valence-electron chi connectivity index (χ3n) is 6.48. The molecule has 0 aliphatic heterocycles. The van der Waals surface area contributed by atoms with Crippen LogP contribution in [0.3, 0.4) is 0 Å². The minimum absolute atomic E-state index is 0.0723. The van der Waals surface area contributed by atoms with Crippen LogP contribution in [0.5, 0.6) is 17.2 Å². The number of ether oxygens (including phenoxy) is 3. The number of benzene rings is 3. The van der Waals surface area contributed by atoms with Gasteiger partial charge in [0.15, 0.2) is 0 Å². The molecule has 2 atom stereocenters. The summed E-state index contributed by atoms with van der Waals surface area (Å²) in [4.78, 5) is 0. The Labute approximate surface area is 225 Å². The van der Waals surface area contributed by atoms with Crippen LogP contribution in [0, 0.1) is 5.92 Å². The van der Waals surface area contributed by atoms with Crippen molar-refractivity contribution in [1.29, 1.82) is 0 Å². The Bertz CT molecular complexity index is 1300. The monoisotopic (exact) mass is 540 g/mol. The van der Waals surface area contributed by atoms with Crippen LogP contribution in [-0.2, 0) is 29.5 Å². The molecule has 3 N–H and O–H groups in total. The van der Waals surface area contributed by atoms with Crippen molar-refractivity contribution in [1.82, 2.24) is 5.32 Å². The summed E-state index contributed by atoms with van der Waals surface area (Å²) in [6.45, 7) is 1.59. The first kappa shape index (κ1) is 27.8. The van der Waals surface area contributed by atoms with E-state index in [0.717, 1.165) is 43.4 Å². The molecule has 0 aromatic heterocycles. The predicted octanol–water partition coefficient (Wildman–Crippen LogP) is 3.78. The quantitative estimate of drug-likeness (QED) is 0.303. The van der Waals surface area contributed by atoms with Crippen LogP contribution >= 0.6 is 0 Å². The fourth-order valence-electron chi connectivity index (χ4n) is 4.55. The van der Waals surface area contributed by atoms with E-state index >= 15 is 0 Å². The van der Waals surface area contributed by atoms with Gasteiger partial charge >= 0.3 is 0 Å². The van der Waals surface area contributed by atoms with Gasteiger partial charge in [0.05, 0.1) is 19.1 Å². The summed E-state index contributed by atoms with van der Waals surface area (Å²) in [6, 6.07) is 20.8. The van der Waals surface area contributed by atoms with Gasteiger partial charge < -0.3 is 24.6 Å². The number of sulfonamides is 1. The average Bonchev–Trinajstić information content (AvgIpc) is 2.90. The molecule has 0 unspecified atom stereocenters. The van der Waals surface area contributed by atoms with Gasteiger partial charge in [-0.2, -0.15) is 0 Å². The average molecular weight is 541 g/mol. The van der Waals surface area contributed by atoms with Crippen molar-refractivity contribution in [2.24, 2.45) is 5.92 Å². The maximum atomic E-state index is 11.9. The van der Waals surface area contributed by atoms with Crippen LogP contribution in [0.1, 0.15) is 23.1 Å². The molecule has 3 aromatic rings. The van der Waals surface area contributed by atoms with Crippen molar-refractivity contribution in [2.45, 2.75) is 32.0 Å². The van der Waals surface area contributed by atoms with Gasteiger partial charge in [-0.05, 0) is 72.7 Å². The van der Waals surface area contributed by atoms with E-state index in [0.29, 0.717) is 30.6 Å². The Kier molecular flexibility index (Phi) is 9.49. The molecule has 8 nitrogen and oxygen atoms in total. The number of aliphatic hydroxyl groups excluding tert-OH is 1. The van der Waals surface area contributed by atoms with Gasteiger partial charge in [-0.3, -0.25) is 4.72 Å². The molecule has 0 heterocycles. The molecule has 9 heteroatoms. The first-order valence-corrected chi connectivity index (χ1v) is 14.6. The fraction of sp³-hybridized carbons (Fsp3) is 0.379. The molecule has 1 aliphatic carbocycles. The lowest BCUT2D eigenvalue weighted by Gasteiger charge is -2.25. The SMILES string of the molecule is COc1ccc2c(c1)CC[C@@H](CNC[C@@H](O)COc1ccc(OCc3ccccc3)c(NS(C)(=O)=O)c1)C2. The highest BCUT2D eigenvalue weighted by atomic mass is 32.2. The Balaban J connectivity index is 1.25. The number of rotatable bonds is 13.